The van der Waals surface area contributed by atoms with E-state index in [1.54, 1.807) is 11.8 Å². The average molecular weight is 438 g/mol. The van der Waals surface area contributed by atoms with Crippen molar-refractivity contribution in [1.29, 1.82) is 0 Å². The average Bonchev–Trinajstić information content (AvgIpc) is 3.35. The molecule has 0 spiro atoms. The lowest BCUT2D eigenvalue weighted by molar-refractivity contribution is 0.0760. The Morgan fingerprint density at radius 3 is 2.16 bits per heavy atom. The number of thioether (sulfide) groups is 1. The van der Waals surface area contributed by atoms with Crippen molar-refractivity contribution < 1.29 is 9.53 Å². The van der Waals surface area contributed by atoms with Crippen LogP contribution in [0.2, 0.25) is 0 Å². The van der Waals surface area contributed by atoms with E-state index in [1.807, 2.05) is 95.9 Å². The molecule has 0 bridgehead atoms. The molecule has 4 aromatic rings. The number of amides is 1. The molecule has 158 valence electrons. The van der Waals surface area contributed by atoms with Crippen LogP contribution >= 0.6 is 11.8 Å². The van der Waals surface area contributed by atoms with Gasteiger partial charge in [-0.1, -0.05) is 72.8 Å². The molecular formula is C28H23NO2S. The summed E-state index contributed by atoms with van der Waals surface area (Å²) in [4.78, 5) is 15.3. The van der Waals surface area contributed by atoms with Gasteiger partial charge in [0.05, 0.1) is 0 Å². The molecule has 5 rings (SSSR count). The maximum atomic E-state index is 13.3. The summed E-state index contributed by atoms with van der Waals surface area (Å²) in [5, 5.41) is -0.0179. The summed E-state index contributed by atoms with van der Waals surface area (Å²) in [6.45, 7) is 0.734. The molecule has 32 heavy (non-hydrogen) atoms. The zero-order valence-corrected chi connectivity index (χ0v) is 18.4. The molecule has 0 N–H and O–H groups in total. The van der Waals surface area contributed by atoms with E-state index in [2.05, 4.69) is 18.2 Å². The molecule has 1 fully saturated rings. The fraction of sp³-hybridized carbons (Fsp3) is 0.107. The molecule has 0 radical (unpaired) electrons. The lowest BCUT2D eigenvalue weighted by Gasteiger charge is -2.24. The summed E-state index contributed by atoms with van der Waals surface area (Å²) >= 11 is 1.79. The van der Waals surface area contributed by atoms with E-state index in [0.29, 0.717) is 5.56 Å². The van der Waals surface area contributed by atoms with Crippen LogP contribution in [0.1, 0.15) is 21.3 Å². The normalized spacial score (nSPS) is 15.5. The number of ether oxygens (including phenoxy) is 1. The van der Waals surface area contributed by atoms with Crippen LogP contribution in [-0.2, 0) is 0 Å². The molecule has 0 saturated carbocycles. The van der Waals surface area contributed by atoms with E-state index in [1.165, 1.54) is 0 Å². The van der Waals surface area contributed by atoms with Crippen molar-refractivity contribution in [1.82, 2.24) is 4.90 Å². The highest BCUT2D eigenvalue weighted by Gasteiger charge is 2.31. The van der Waals surface area contributed by atoms with Gasteiger partial charge in [-0.15, -0.1) is 11.8 Å². The van der Waals surface area contributed by atoms with Crippen molar-refractivity contribution in [3.63, 3.8) is 0 Å². The first-order valence-electron chi connectivity index (χ1n) is 10.7. The highest BCUT2D eigenvalue weighted by Crippen LogP contribution is 2.40. The van der Waals surface area contributed by atoms with Crippen molar-refractivity contribution in [2.75, 3.05) is 12.3 Å². The first kappa shape index (κ1) is 20.4. The molecule has 1 heterocycles. The monoisotopic (exact) mass is 437 g/mol. The number of carbonyl (C=O) groups excluding carboxylic acids is 1. The predicted molar refractivity (Wildman–Crippen MR) is 131 cm³/mol. The number of hydrogen-bond acceptors (Lipinski definition) is 3. The molecule has 4 aromatic carbocycles. The van der Waals surface area contributed by atoms with Crippen LogP contribution in [0.5, 0.6) is 11.5 Å². The number of rotatable bonds is 5. The minimum Gasteiger partial charge on any atom is -0.457 e. The summed E-state index contributed by atoms with van der Waals surface area (Å²) in [5.74, 6) is 2.56. The largest absolute Gasteiger partial charge is 0.457 e. The zero-order chi connectivity index (χ0) is 21.8. The van der Waals surface area contributed by atoms with Crippen LogP contribution in [0.4, 0.5) is 0 Å². The standard InChI is InChI=1S/C28H23NO2S/c30-27(23-16-14-22(15-17-23)21-8-3-1-4-9-21)29-18-19-32-28(29)24-10-7-13-26(20-24)31-25-11-5-2-6-12-25/h1-17,20,28H,18-19H2. The van der Waals surface area contributed by atoms with Gasteiger partial charge in [-0.05, 0) is 53.1 Å². The second kappa shape index (κ2) is 9.33. The Kier molecular flexibility index (Phi) is 5.95. The van der Waals surface area contributed by atoms with Gasteiger partial charge in [0.25, 0.3) is 5.91 Å². The van der Waals surface area contributed by atoms with E-state index in [9.17, 15) is 4.79 Å². The molecule has 1 unspecified atom stereocenters. The Bertz CT molecular complexity index is 1190. The highest BCUT2D eigenvalue weighted by atomic mass is 32.2. The zero-order valence-electron chi connectivity index (χ0n) is 17.6. The summed E-state index contributed by atoms with van der Waals surface area (Å²) < 4.78 is 6.00. The van der Waals surface area contributed by atoms with Crippen LogP contribution in [0, 0.1) is 0 Å². The van der Waals surface area contributed by atoms with Gasteiger partial charge in [0.1, 0.15) is 16.9 Å². The molecular weight excluding hydrogens is 414 g/mol. The molecule has 1 atom stereocenters. The Morgan fingerprint density at radius 1 is 0.750 bits per heavy atom. The topological polar surface area (TPSA) is 29.5 Å². The van der Waals surface area contributed by atoms with Gasteiger partial charge in [0, 0.05) is 17.9 Å². The first-order valence-corrected chi connectivity index (χ1v) is 11.7. The Balaban J connectivity index is 1.34. The first-order chi connectivity index (χ1) is 15.8. The summed E-state index contributed by atoms with van der Waals surface area (Å²) in [7, 11) is 0. The van der Waals surface area contributed by atoms with Gasteiger partial charge in [-0.3, -0.25) is 4.79 Å². The maximum Gasteiger partial charge on any atom is 0.255 e. The molecule has 1 aliphatic rings. The Hall–Kier alpha value is -3.50. The fourth-order valence-electron chi connectivity index (χ4n) is 3.91. The number of carbonyl (C=O) groups is 1. The van der Waals surface area contributed by atoms with E-state index in [4.69, 9.17) is 4.74 Å². The van der Waals surface area contributed by atoms with Crippen molar-refractivity contribution >= 4 is 17.7 Å². The molecule has 0 aliphatic carbocycles. The predicted octanol–water partition coefficient (Wildman–Crippen LogP) is 7.03. The highest BCUT2D eigenvalue weighted by molar-refractivity contribution is 7.99. The lowest BCUT2D eigenvalue weighted by Crippen LogP contribution is -2.30. The summed E-state index contributed by atoms with van der Waals surface area (Å²) in [6, 6.07) is 35.9. The quantitative estimate of drug-likeness (QED) is 0.335. The molecule has 1 aliphatic heterocycles. The SMILES string of the molecule is O=C(c1ccc(-c2ccccc2)cc1)N1CCSC1c1cccc(Oc2ccccc2)c1. The molecule has 0 aromatic heterocycles. The van der Waals surface area contributed by atoms with E-state index >= 15 is 0 Å². The van der Waals surface area contributed by atoms with E-state index < -0.39 is 0 Å². The second-order valence-electron chi connectivity index (χ2n) is 7.65. The van der Waals surface area contributed by atoms with Crippen molar-refractivity contribution in [3.05, 3.63) is 120 Å². The molecule has 1 amide bonds. The summed E-state index contributed by atoms with van der Waals surface area (Å²) in [6.07, 6.45) is 0. The third kappa shape index (κ3) is 4.41. The van der Waals surface area contributed by atoms with Gasteiger partial charge in [0.15, 0.2) is 0 Å². The van der Waals surface area contributed by atoms with Crippen LogP contribution in [-0.4, -0.2) is 23.1 Å². The second-order valence-corrected chi connectivity index (χ2v) is 8.84. The van der Waals surface area contributed by atoms with Crippen LogP contribution in [0.15, 0.2) is 109 Å². The third-order valence-electron chi connectivity index (χ3n) is 5.51. The smallest absolute Gasteiger partial charge is 0.255 e. The van der Waals surface area contributed by atoms with Crippen molar-refractivity contribution in [2.24, 2.45) is 0 Å². The van der Waals surface area contributed by atoms with Gasteiger partial charge < -0.3 is 9.64 Å². The minimum absolute atomic E-state index is 0.0179. The molecule has 4 heteroatoms. The fourth-order valence-corrected chi connectivity index (χ4v) is 5.16. The number of hydrogen-bond donors (Lipinski definition) is 0. The van der Waals surface area contributed by atoms with Crippen LogP contribution in [0.3, 0.4) is 0 Å². The maximum absolute atomic E-state index is 13.3. The van der Waals surface area contributed by atoms with E-state index in [0.717, 1.165) is 40.5 Å². The van der Waals surface area contributed by atoms with Crippen LogP contribution in [0.25, 0.3) is 11.1 Å². The van der Waals surface area contributed by atoms with Gasteiger partial charge in [0.2, 0.25) is 0 Å². The third-order valence-corrected chi connectivity index (χ3v) is 6.77. The van der Waals surface area contributed by atoms with Gasteiger partial charge >= 0.3 is 0 Å². The van der Waals surface area contributed by atoms with Crippen molar-refractivity contribution in [3.8, 4) is 22.6 Å². The van der Waals surface area contributed by atoms with E-state index in [-0.39, 0.29) is 11.3 Å². The van der Waals surface area contributed by atoms with Gasteiger partial charge in [-0.25, -0.2) is 0 Å². The Morgan fingerprint density at radius 2 is 1.41 bits per heavy atom. The van der Waals surface area contributed by atoms with Crippen LogP contribution < -0.4 is 4.74 Å². The number of nitrogens with zero attached hydrogens (tertiary/aromatic N) is 1. The summed E-state index contributed by atoms with van der Waals surface area (Å²) in [5.41, 5.74) is 4.06. The lowest BCUT2D eigenvalue weighted by atomic mass is 10.0. The Labute approximate surface area is 192 Å². The number of para-hydroxylation sites is 1. The van der Waals surface area contributed by atoms with Gasteiger partial charge in [-0.2, -0.15) is 0 Å². The van der Waals surface area contributed by atoms with Crippen molar-refractivity contribution in [2.45, 2.75) is 5.37 Å². The number of benzene rings is 4. The molecule has 3 nitrogen and oxygen atoms in total. The molecule has 1 saturated heterocycles. The minimum atomic E-state index is -0.0179.